The zero-order valence-electron chi connectivity index (χ0n) is 7.05. The number of carbonyl (C=O) groups is 1. The molecule has 1 rings (SSSR count). The van der Waals surface area contributed by atoms with Crippen LogP contribution in [-0.2, 0) is 11.2 Å². The molecule has 65 valence electrons. The second kappa shape index (κ2) is 5.89. The number of hydrogen-bond acceptors (Lipinski definition) is 1. The Hall–Kier alpha value is 0.270. The van der Waals surface area contributed by atoms with Crippen LogP contribution in [0, 0.1) is 0 Å². The molecule has 0 aliphatic heterocycles. The van der Waals surface area contributed by atoms with E-state index in [-0.39, 0.29) is 36.0 Å². The molecule has 1 aromatic rings. The van der Waals surface area contributed by atoms with E-state index in [4.69, 9.17) is 28.3 Å². The van der Waals surface area contributed by atoms with Crippen molar-refractivity contribution in [2.45, 2.75) is 6.42 Å². The van der Waals surface area contributed by atoms with Gasteiger partial charge in [0, 0.05) is 45.2 Å². The Morgan fingerprint density at radius 3 is 2.15 bits per heavy atom. The van der Waals surface area contributed by atoms with E-state index >= 15 is 0 Å². The summed E-state index contributed by atoms with van der Waals surface area (Å²) in [5.74, 6) is -0.940. The number of hydrogen-bond donors (Lipinski definition) is 1. The van der Waals surface area contributed by atoms with Crippen molar-refractivity contribution in [1.82, 2.24) is 0 Å². The van der Waals surface area contributed by atoms with Crippen LogP contribution in [0.1, 0.15) is 5.56 Å². The fourth-order valence-corrected chi connectivity index (χ4v) is 1.38. The van der Waals surface area contributed by atoms with Crippen LogP contribution in [-0.4, -0.2) is 40.6 Å². The van der Waals surface area contributed by atoms with Crippen LogP contribution >= 0.6 is 23.2 Å². The molecule has 1 radical (unpaired) electrons. The van der Waals surface area contributed by atoms with E-state index in [0.717, 1.165) is 0 Å². The number of halogens is 2. The molecule has 0 spiro atoms. The summed E-state index contributed by atoms with van der Waals surface area (Å²) >= 11 is 11.5. The fourth-order valence-electron chi connectivity index (χ4n) is 0.852. The number of aliphatic carboxylic acids is 1. The number of carboxylic acid groups (broad SMARTS) is 1. The van der Waals surface area contributed by atoms with Crippen molar-refractivity contribution < 1.29 is 9.90 Å². The van der Waals surface area contributed by atoms with Crippen LogP contribution in [0.25, 0.3) is 0 Å². The zero-order chi connectivity index (χ0) is 9.14. The predicted octanol–water partition coefficient (Wildman–Crippen LogP) is 2.24. The molecule has 0 saturated heterocycles. The second-order valence-corrected chi connectivity index (χ2v) is 3.09. The largest absolute Gasteiger partial charge is 0.481 e. The van der Waals surface area contributed by atoms with Gasteiger partial charge in [-0.05, 0) is 12.1 Å². The molecule has 0 atom stereocenters. The summed E-state index contributed by atoms with van der Waals surface area (Å²) < 4.78 is 0. The second-order valence-electron chi connectivity index (χ2n) is 2.27. The monoisotopic (exact) mass is 227 g/mol. The maximum absolute atomic E-state index is 10.4. The predicted molar refractivity (Wildman–Crippen MR) is 53.6 cm³/mol. The smallest absolute Gasteiger partial charge is 0.307 e. The van der Waals surface area contributed by atoms with Gasteiger partial charge >= 0.3 is 5.97 Å². The van der Waals surface area contributed by atoms with Gasteiger partial charge in [-0.3, -0.25) is 4.79 Å². The summed E-state index contributed by atoms with van der Waals surface area (Å²) in [4.78, 5) is 10.4. The SMILES string of the molecule is O=C(O)Cc1c(Cl)cccc1Cl.[Na]. The van der Waals surface area contributed by atoms with Gasteiger partial charge in [0.1, 0.15) is 0 Å². The Bertz CT molecular complexity index is 295. The van der Waals surface area contributed by atoms with Crippen LogP contribution in [0.2, 0.25) is 10.0 Å². The van der Waals surface area contributed by atoms with Gasteiger partial charge in [0.2, 0.25) is 0 Å². The summed E-state index contributed by atoms with van der Waals surface area (Å²) in [6.45, 7) is 0. The summed E-state index contributed by atoms with van der Waals surface area (Å²) in [6.07, 6.45) is -0.140. The van der Waals surface area contributed by atoms with E-state index in [1.807, 2.05) is 0 Å². The Morgan fingerprint density at radius 2 is 1.77 bits per heavy atom. The van der Waals surface area contributed by atoms with Crippen molar-refractivity contribution >= 4 is 58.7 Å². The maximum atomic E-state index is 10.4. The molecule has 1 aromatic carbocycles. The average Bonchev–Trinajstić information content (AvgIpc) is 1.97. The molecule has 13 heavy (non-hydrogen) atoms. The third kappa shape index (κ3) is 3.88. The standard InChI is InChI=1S/C8H6Cl2O2.Na/c9-6-2-1-3-7(10)5(6)4-8(11)12;/h1-3H,4H2,(H,11,12);. The molecular weight excluding hydrogens is 222 g/mol. The van der Waals surface area contributed by atoms with Gasteiger partial charge in [-0.15, -0.1) is 0 Å². The summed E-state index contributed by atoms with van der Waals surface area (Å²) in [6, 6.07) is 4.91. The Labute approximate surface area is 108 Å². The molecule has 1 N–H and O–H groups in total. The minimum Gasteiger partial charge on any atom is -0.481 e. The van der Waals surface area contributed by atoms with Gasteiger partial charge in [0.15, 0.2) is 0 Å². The molecule has 0 aliphatic rings. The van der Waals surface area contributed by atoms with Gasteiger partial charge < -0.3 is 5.11 Å². The molecule has 0 bridgehead atoms. The third-order valence-electron chi connectivity index (χ3n) is 1.39. The topological polar surface area (TPSA) is 37.3 Å². The van der Waals surface area contributed by atoms with Gasteiger partial charge in [0.05, 0.1) is 6.42 Å². The number of carboxylic acids is 1. The van der Waals surface area contributed by atoms with Crippen LogP contribution in [0.4, 0.5) is 0 Å². The van der Waals surface area contributed by atoms with Crippen molar-refractivity contribution in [1.29, 1.82) is 0 Å². The van der Waals surface area contributed by atoms with E-state index < -0.39 is 5.97 Å². The third-order valence-corrected chi connectivity index (χ3v) is 2.10. The van der Waals surface area contributed by atoms with Crippen LogP contribution in [0.3, 0.4) is 0 Å². The Kier molecular flexibility index (Phi) is 6.01. The van der Waals surface area contributed by atoms with Crippen LogP contribution < -0.4 is 0 Å². The van der Waals surface area contributed by atoms with Gasteiger partial charge in [0.25, 0.3) is 0 Å². The quantitative estimate of drug-likeness (QED) is 0.788. The average molecular weight is 228 g/mol. The summed E-state index contributed by atoms with van der Waals surface area (Å²) in [7, 11) is 0. The molecule has 0 unspecified atom stereocenters. The first kappa shape index (κ1) is 13.3. The molecule has 0 heterocycles. The summed E-state index contributed by atoms with van der Waals surface area (Å²) in [5, 5.41) is 9.29. The van der Waals surface area contributed by atoms with Crippen molar-refractivity contribution in [3.8, 4) is 0 Å². The van der Waals surface area contributed by atoms with Crippen LogP contribution in [0.5, 0.6) is 0 Å². The fraction of sp³-hybridized carbons (Fsp3) is 0.125. The van der Waals surface area contributed by atoms with Crippen molar-refractivity contribution in [2.24, 2.45) is 0 Å². The molecule has 0 saturated carbocycles. The summed E-state index contributed by atoms with van der Waals surface area (Å²) in [5.41, 5.74) is 0.466. The van der Waals surface area contributed by atoms with E-state index in [1.165, 1.54) is 0 Å². The molecule has 0 aliphatic carbocycles. The van der Waals surface area contributed by atoms with E-state index in [9.17, 15) is 4.79 Å². The van der Waals surface area contributed by atoms with Gasteiger partial charge in [-0.1, -0.05) is 29.3 Å². The molecule has 2 nitrogen and oxygen atoms in total. The first-order chi connectivity index (χ1) is 5.61. The van der Waals surface area contributed by atoms with Gasteiger partial charge in [-0.2, -0.15) is 0 Å². The number of rotatable bonds is 2. The maximum Gasteiger partial charge on any atom is 0.307 e. The molecule has 0 aromatic heterocycles. The minimum atomic E-state index is -0.940. The van der Waals surface area contributed by atoms with Crippen molar-refractivity contribution in [3.63, 3.8) is 0 Å². The van der Waals surface area contributed by atoms with Gasteiger partial charge in [-0.25, -0.2) is 0 Å². The number of benzene rings is 1. The van der Waals surface area contributed by atoms with E-state index in [2.05, 4.69) is 0 Å². The minimum absolute atomic E-state index is 0. The zero-order valence-corrected chi connectivity index (χ0v) is 10.6. The Morgan fingerprint density at radius 1 is 1.31 bits per heavy atom. The van der Waals surface area contributed by atoms with Crippen LogP contribution in [0.15, 0.2) is 18.2 Å². The normalized spacial score (nSPS) is 9.08. The van der Waals surface area contributed by atoms with E-state index in [1.54, 1.807) is 18.2 Å². The van der Waals surface area contributed by atoms with Crippen molar-refractivity contribution in [2.75, 3.05) is 0 Å². The molecule has 5 heteroatoms. The first-order valence-electron chi connectivity index (χ1n) is 3.26. The Balaban J connectivity index is 0.00000144. The van der Waals surface area contributed by atoms with E-state index in [0.29, 0.717) is 15.6 Å². The first-order valence-corrected chi connectivity index (χ1v) is 4.01. The van der Waals surface area contributed by atoms with Crippen molar-refractivity contribution in [3.05, 3.63) is 33.8 Å². The molecular formula is C8H6Cl2NaO2. The molecule has 0 fully saturated rings. The molecule has 0 amide bonds.